The van der Waals surface area contributed by atoms with Crippen LogP contribution >= 0.6 is 11.8 Å². The van der Waals surface area contributed by atoms with E-state index in [9.17, 15) is 0 Å². The Kier molecular flexibility index (Phi) is 5.56. The summed E-state index contributed by atoms with van der Waals surface area (Å²) >= 11 is 1.68. The summed E-state index contributed by atoms with van der Waals surface area (Å²) in [6, 6.07) is 10.1. The Morgan fingerprint density at radius 1 is 1.30 bits per heavy atom. The van der Waals surface area contributed by atoms with Gasteiger partial charge < -0.3 is 14.5 Å². The third-order valence-electron chi connectivity index (χ3n) is 3.05. The van der Waals surface area contributed by atoms with Crippen LogP contribution < -0.4 is 10.1 Å². The Labute approximate surface area is 124 Å². The number of rotatable bonds is 7. The van der Waals surface area contributed by atoms with Crippen molar-refractivity contribution in [2.45, 2.75) is 31.9 Å². The van der Waals surface area contributed by atoms with Gasteiger partial charge in [-0.15, -0.1) is 11.8 Å². The zero-order valence-corrected chi connectivity index (χ0v) is 13.0. The fourth-order valence-electron chi connectivity index (χ4n) is 1.96. The molecule has 3 nitrogen and oxygen atoms in total. The number of furan rings is 1. The van der Waals surface area contributed by atoms with Crippen molar-refractivity contribution in [2.75, 3.05) is 12.8 Å². The van der Waals surface area contributed by atoms with E-state index in [1.807, 2.05) is 30.5 Å². The van der Waals surface area contributed by atoms with Gasteiger partial charge in [-0.25, -0.2) is 0 Å². The zero-order chi connectivity index (χ0) is 14.4. The molecule has 20 heavy (non-hydrogen) atoms. The predicted molar refractivity (Wildman–Crippen MR) is 83.4 cm³/mol. The first-order valence-corrected chi connectivity index (χ1v) is 8.01. The standard InChI is InChI=1S/C16H21NO2S/c1-4-17-10-15-12(2)9-13(19-15)11-18-14-7-5-6-8-16(14)20-3/h5-9,17H,4,10-11H2,1-3H3. The fourth-order valence-corrected chi connectivity index (χ4v) is 2.51. The van der Waals surface area contributed by atoms with Crippen molar-refractivity contribution in [1.82, 2.24) is 5.32 Å². The second kappa shape index (κ2) is 7.41. The van der Waals surface area contributed by atoms with Crippen molar-refractivity contribution in [2.24, 2.45) is 0 Å². The number of thioether (sulfide) groups is 1. The van der Waals surface area contributed by atoms with Gasteiger partial charge in [0, 0.05) is 4.90 Å². The van der Waals surface area contributed by atoms with Gasteiger partial charge in [0.2, 0.25) is 0 Å². The third-order valence-corrected chi connectivity index (χ3v) is 3.82. The summed E-state index contributed by atoms with van der Waals surface area (Å²) in [5, 5.41) is 3.27. The zero-order valence-electron chi connectivity index (χ0n) is 12.2. The monoisotopic (exact) mass is 291 g/mol. The highest BCUT2D eigenvalue weighted by Gasteiger charge is 2.09. The van der Waals surface area contributed by atoms with Crippen molar-refractivity contribution < 1.29 is 9.15 Å². The SMILES string of the molecule is CCNCc1oc(COc2ccccc2SC)cc1C. The van der Waals surface area contributed by atoms with Crippen LogP contribution in [0.15, 0.2) is 39.6 Å². The van der Waals surface area contributed by atoms with Gasteiger partial charge in [0.25, 0.3) is 0 Å². The number of ether oxygens (including phenoxy) is 1. The fraction of sp³-hybridized carbons (Fsp3) is 0.375. The molecule has 4 heteroatoms. The molecule has 0 atom stereocenters. The molecule has 0 unspecified atom stereocenters. The minimum atomic E-state index is 0.463. The number of para-hydroxylation sites is 1. The molecule has 1 aromatic heterocycles. The summed E-state index contributed by atoms with van der Waals surface area (Å²) < 4.78 is 11.7. The average Bonchev–Trinajstić information content (AvgIpc) is 2.83. The minimum absolute atomic E-state index is 0.463. The first kappa shape index (κ1) is 15.0. The molecule has 1 N–H and O–H groups in total. The Balaban J connectivity index is 2.00. The lowest BCUT2D eigenvalue weighted by Crippen LogP contribution is -2.11. The van der Waals surface area contributed by atoms with Gasteiger partial charge in [-0.2, -0.15) is 0 Å². The van der Waals surface area contributed by atoms with Crippen LogP contribution in [0, 0.1) is 6.92 Å². The van der Waals surface area contributed by atoms with E-state index in [2.05, 4.69) is 25.2 Å². The molecule has 0 amide bonds. The van der Waals surface area contributed by atoms with E-state index in [-0.39, 0.29) is 0 Å². The van der Waals surface area contributed by atoms with Crippen LogP contribution in [0.3, 0.4) is 0 Å². The van der Waals surface area contributed by atoms with E-state index >= 15 is 0 Å². The van der Waals surface area contributed by atoms with E-state index in [0.717, 1.165) is 35.3 Å². The summed E-state index contributed by atoms with van der Waals surface area (Å²) in [5.41, 5.74) is 1.17. The lowest BCUT2D eigenvalue weighted by Gasteiger charge is -2.08. The Morgan fingerprint density at radius 3 is 2.85 bits per heavy atom. The van der Waals surface area contributed by atoms with Crippen molar-refractivity contribution in [3.8, 4) is 5.75 Å². The summed E-state index contributed by atoms with van der Waals surface area (Å²) in [5.74, 6) is 2.76. The van der Waals surface area contributed by atoms with Crippen molar-refractivity contribution in [3.05, 3.63) is 47.4 Å². The van der Waals surface area contributed by atoms with Gasteiger partial charge in [-0.3, -0.25) is 0 Å². The molecule has 0 fully saturated rings. The topological polar surface area (TPSA) is 34.4 Å². The maximum atomic E-state index is 5.85. The molecule has 0 aliphatic heterocycles. The van der Waals surface area contributed by atoms with Crippen LogP contribution in [0.2, 0.25) is 0 Å². The van der Waals surface area contributed by atoms with Gasteiger partial charge in [-0.05, 0) is 43.5 Å². The number of hydrogen-bond donors (Lipinski definition) is 1. The number of aryl methyl sites for hydroxylation is 1. The van der Waals surface area contributed by atoms with E-state index in [4.69, 9.17) is 9.15 Å². The molecule has 0 aliphatic rings. The minimum Gasteiger partial charge on any atom is -0.484 e. The van der Waals surface area contributed by atoms with Crippen LogP contribution in [0.25, 0.3) is 0 Å². The van der Waals surface area contributed by atoms with Gasteiger partial charge in [0.1, 0.15) is 23.9 Å². The highest BCUT2D eigenvalue weighted by atomic mass is 32.2. The second-order valence-corrected chi connectivity index (χ2v) is 5.39. The maximum Gasteiger partial charge on any atom is 0.146 e. The summed E-state index contributed by atoms with van der Waals surface area (Å²) in [4.78, 5) is 1.14. The van der Waals surface area contributed by atoms with Crippen LogP contribution in [0.1, 0.15) is 24.0 Å². The summed E-state index contributed by atoms with van der Waals surface area (Å²) in [6.45, 7) is 6.32. The van der Waals surface area contributed by atoms with Crippen LogP contribution in [0.4, 0.5) is 0 Å². The first-order chi connectivity index (χ1) is 9.74. The Bertz CT molecular complexity index is 551. The Morgan fingerprint density at radius 2 is 2.10 bits per heavy atom. The van der Waals surface area contributed by atoms with E-state index in [1.54, 1.807) is 11.8 Å². The smallest absolute Gasteiger partial charge is 0.146 e. The molecule has 1 heterocycles. The summed E-state index contributed by atoms with van der Waals surface area (Å²) in [6.07, 6.45) is 2.05. The number of nitrogens with one attached hydrogen (secondary N) is 1. The maximum absolute atomic E-state index is 5.85. The number of benzene rings is 1. The molecule has 2 rings (SSSR count). The number of hydrogen-bond acceptors (Lipinski definition) is 4. The molecule has 1 aromatic carbocycles. The molecule has 0 radical (unpaired) electrons. The third kappa shape index (κ3) is 3.81. The predicted octanol–water partition coefficient (Wildman–Crippen LogP) is 4.00. The molecular formula is C16H21NO2S. The van der Waals surface area contributed by atoms with E-state index in [0.29, 0.717) is 6.61 Å². The highest BCUT2D eigenvalue weighted by Crippen LogP contribution is 2.28. The lowest BCUT2D eigenvalue weighted by atomic mass is 10.2. The van der Waals surface area contributed by atoms with Gasteiger partial charge in [0.15, 0.2) is 0 Å². The van der Waals surface area contributed by atoms with Gasteiger partial charge in [0.05, 0.1) is 6.54 Å². The molecular weight excluding hydrogens is 270 g/mol. The normalized spacial score (nSPS) is 10.8. The Hall–Kier alpha value is -1.39. The van der Waals surface area contributed by atoms with Gasteiger partial charge in [-0.1, -0.05) is 19.1 Å². The molecule has 0 bridgehead atoms. The molecule has 0 spiro atoms. The summed E-state index contributed by atoms with van der Waals surface area (Å²) in [7, 11) is 0. The van der Waals surface area contributed by atoms with Crippen molar-refractivity contribution in [1.29, 1.82) is 0 Å². The molecule has 108 valence electrons. The quantitative estimate of drug-likeness (QED) is 0.782. The average molecular weight is 291 g/mol. The molecule has 0 saturated heterocycles. The van der Waals surface area contributed by atoms with Crippen LogP contribution in [-0.4, -0.2) is 12.8 Å². The first-order valence-electron chi connectivity index (χ1n) is 6.79. The largest absolute Gasteiger partial charge is 0.484 e. The van der Waals surface area contributed by atoms with Crippen molar-refractivity contribution >= 4 is 11.8 Å². The second-order valence-electron chi connectivity index (χ2n) is 4.54. The molecule has 0 saturated carbocycles. The van der Waals surface area contributed by atoms with E-state index in [1.165, 1.54) is 5.56 Å². The van der Waals surface area contributed by atoms with E-state index < -0.39 is 0 Å². The van der Waals surface area contributed by atoms with Crippen molar-refractivity contribution in [3.63, 3.8) is 0 Å². The van der Waals surface area contributed by atoms with Crippen LogP contribution in [-0.2, 0) is 13.2 Å². The van der Waals surface area contributed by atoms with Gasteiger partial charge >= 0.3 is 0 Å². The van der Waals surface area contributed by atoms with Crippen LogP contribution in [0.5, 0.6) is 5.75 Å². The molecule has 0 aliphatic carbocycles. The lowest BCUT2D eigenvalue weighted by molar-refractivity contribution is 0.259. The molecule has 2 aromatic rings. The highest BCUT2D eigenvalue weighted by molar-refractivity contribution is 7.98.